The quantitative estimate of drug-likeness (QED) is 0.650. The van der Waals surface area contributed by atoms with E-state index in [2.05, 4.69) is 12.2 Å². The van der Waals surface area contributed by atoms with Crippen molar-refractivity contribution in [3.8, 4) is 0 Å². The van der Waals surface area contributed by atoms with Gasteiger partial charge in [-0.3, -0.25) is 10.1 Å². The fourth-order valence-corrected chi connectivity index (χ4v) is 2.50. The van der Waals surface area contributed by atoms with Gasteiger partial charge >= 0.3 is 0 Å². The Morgan fingerprint density at radius 1 is 1.22 bits per heavy atom. The van der Waals surface area contributed by atoms with Gasteiger partial charge < -0.3 is 5.32 Å². The number of nitro groups is 1. The lowest BCUT2D eigenvalue weighted by Crippen LogP contribution is -2.20. The molecule has 0 unspecified atom stereocenters. The Morgan fingerprint density at radius 3 is 2.39 bits per heavy atom. The van der Waals surface area contributed by atoms with Crippen LogP contribution in [0.5, 0.6) is 0 Å². The lowest BCUT2D eigenvalue weighted by atomic mass is 9.83. The van der Waals surface area contributed by atoms with E-state index in [1.165, 1.54) is 25.7 Å². The summed E-state index contributed by atoms with van der Waals surface area (Å²) in [6.07, 6.45) is 5.24. The van der Waals surface area contributed by atoms with Gasteiger partial charge in [0.25, 0.3) is 5.69 Å². The normalized spacial score (nSPS) is 23.6. The molecule has 1 saturated carbocycles. The van der Waals surface area contributed by atoms with Gasteiger partial charge in [-0.05, 0) is 36.8 Å². The van der Waals surface area contributed by atoms with E-state index in [-0.39, 0.29) is 10.6 Å². The van der Waals surface area contributed by atoms with Gasteiger partial charge in [-0.1, -0.05) is 19.8 Å². The van der Waals surface area contributed by atoms with E-state index in [0.29, 0.717) is 0 Å². The zero-order valence-corrected chi connectivity index (χ0v) is 10.8. The molecular weight excluding hydrogens is 228 g/mol. The highest BCUT2D eigenvalue weighted by Gasteiger charge is 2.17. The standard InChI is InChI=1S/C14H20N2O2/c1-11-2-4-12(5-3-11)10-15-13-6-8-14(9-7-13)16(17)18/h6-9,11-12,15H,2-5,10H2,1H3. The molecule has 1 aromatic carbocycles. The van der Waals surface area contributed by atoms with Crippen molar-refractivity contribution in [2.75, 3.05) is 11.9 Å². The van der Waals surface area contributed by atoms with Crippen LogP contribution in [0, 0.1) is 22.0 Å². The minimum atomic E-state index is -0.369. The number of non-ortho nitro benzene ring substituents is 1. The SMILES string of the molecule is CC1CCC(CNc2ccc([N+](=O)[O-])cc2)CC1. The second kappa shape index (κ2) is 5.85. The summed E-state index contributed by atoms with van der Waals surface area (Å²) in [5.74, 6) is 1.62. The lowest BCUT2D eigenvalue weighted by molar-refractivity contribution is -0.384. The zero-order chi connectivity index (χ0) is 13.0. The third-order valence-corrected chi connectivity index (χ3v) is 3.81. The van der Waals surface area contributed by atoms with Crippen LogP contribution in [0.4, 0.5) is 11.4 Å². The molecule has 1 fully saturated rings. The highest BCUT2D eigenvalue weighted by molar-refractivity contribution is 5.48. The number of anilines is 1. The minimum Gasteiger partial charge on any atom is -0.385 e. The number of rotatable bonds is 4. The predicted octanol–water partition coefficient (Wildman–Crippen LogP) is 3.83. The van der Waals surface area contributed by atoms with E-state index in [9.17, 15) is 10.1 Å². The van der Waals surface area contributed by atoms with E-state index in [0.717, 1.165) is 24.1 Å². The molecule has 0 atom stereocenters. The summed E-state index contributed by atoms with van der Waals surface area (Å²) >= 11 is 0. The van der Waals surface area contributed by atoms with E-state index in [1.54, 1.807) is 24.3 Å². The molecule has 98 valence electrons. The maximum absolute atomic E-state index is 10.5. The number of nitrogens with zero attached hydrogens (tertiary/aromatic N) is 1. The van der Waals surface area contributed by atoms with Crippen molar-refractivity contribution in [3.05, 3.63) is 34.4 Å². The Hall–Kier alpha value is -1.58. The van der Waals surface area contributed by atoms with Crippen LogP contribution in [0.1, 0.15) is 32.6 Å². The number of benzene rings is 1. The Morgan fingerprint density at radius 2 is 1.83 bits per heavy atom. The fraction of sp³-hybridized carbons (Fsp3) is 0.571. The summed E-state index contributed by atoms with van der Waals surface area (Å²) in [6.45, 7) is 3.30. The molecule has 2 rings (SSSR count). The van der Waals surface area contributed by atoms with Crippen molar-refractivity contribution in [2.24, 2.45) is 11.8 Å². The predicted molar refractivity (Wildman–Crippen MR) is 72.7 cm³/mol. The van der Waals surface area contributed by atoms with Gasteiger partial charge in [0.1, 0.15) is 0 Å². The highest BCUT2D eigenvalue weighted by atomic mass is 16.6. The molecule has 1 aliphatic rings. The molecule has 0 aromatic heterocycles. The molecule has 18 heavy (non-hydrogen) atoms. The molecule has 0 saturated heterocycles. The van der Waals surface area contributed by atoms with E-state index >= 15 is 0 Å². The van der Waals surface area contributed by atoms with Crippen molar-refractivity contribution in [1.82, 2.24) is 0 Å². The van der Waals surface area contributed by atoms with Crippen LogP contribution in [0.3, 0.4) is 0 Å². The summed E-state index contributed by atoms with van der Waals surface area (Å²) in [6, 6.07) is 6.66. The van der Waals surface area contributed by atoms with Crippen LogP contribution in [0.25, 0.3) is 0 Å². The molecule has 4 nitrogen and oxygen atoms in total. The van der Waals surface area contributed by atoms with Crippen molar-refractivity contribution in [2.45, 2.75) is 32.6 Å². The van der Waals surface area contributed by atoms with Crippen LogP contribution < -0.4 is 5.32 Å². The largest absolute Gasteiger partial charge is 0.385 e. The molecule has 0 bridgehead atoms. The minimum absolute atomic E-state index is 0.145. The van der Waals surface area contributed by atoms with E-state index < -0.39 is 0 Å². The average Bonchev–Trinajstić information content (AvgIpc) is 2.38. The maximum atomic E-state index is 10.5. The highest BCUT2D eigenvalue weighted by Crippen LogP contribution is 2.28. The van der Waals surface area contributed by atoms with Crippen LogP contribution >= 0.6 is 0 Å². The molecule has 1 N–H and O–H groups in total. The molecule has 0 spiro atoms. The van der Waals surface area contributed by atoms with Gasteiger partial charge in [-0.15, -0.1) is 0 Å². The van der Waals surface area contributed by atoms with Gasteiger partial charge in [-0.2, -0.15) is 0 Å². The first-order chi connectivity index (χ1) is 8.65. The number of hydrogen-bond acceptors (Lipinski definition) is 3. The van der Waals surface area contributed by atoms with E-state index in [1.807, 2.05) is 0 Å². The Labute approximate surface area is 108 Å². The average molecular weight is 248 g/mol. The Kier molecular flexibility index (Phi) is 4.18. The number of nitro benzene ring substituents is 1. The van der Waals surface area contributed by atoms with Gasteiger partial charge in [-0.25, -0.2) is 0 Å². The summed E-state index contributed by atoms with van der Waals surface area (Å²) < 4.78 is 0. The molecule has 0 radical (unpaired) electrons. The first-order valence-electron chi connectivity index (χ1n) is 6.63. The van der Waals surface area contributed by atoms with Crippen molar-refractivity contribution >= 4 is 11.4 Å². The van der Waals surface area contributed by atoms with Crippen LogP contribution in [-0.4, -0.2) is 11.5 Å². The summed E-state index contributed by atoms with van der Waals surface area (Å²) in [5.41, 5.74) is 1.12. The van der Waals surface area contributed by atoms with Gasteiger partial charge in [0.15, 0.2) is 0 Å². The zero-order valence-electron chi connectivity index (χ0n) is 10.8. The molecule has 4 heteroatoms. The molecule has 0 amide bonds. The second-order valence-corrected chi connectivity index (χ2v) is 5.31. The fourth-order valence-electron chi connectivity index (χ4n) is 2.50. The number of nitrogens with one attached hydrogen (secondary N) is 1. The molecule has 0 aliphatic heterocycles. The van der Waals surface area contributed by atoms with Crippen molar-refractivity contribution in [1.29, 1.82) is 0 Å². The van der Waals surface area contributed by atoms with Crippen LogP contribution in [-0.2, 0) is 0 Å². The van der Waals surface area contributed by atoms with Gasteiger partial charge in [0.05, 0.1) is 4.92 Å². The summed E-state index contributed by atoms with van der Waals surface area (Å²) in [4.78, 5) is 10.2. The number of hydrogen-bond donors (Lipinski definition) is 1. The topological polar surface area (TPSA) is 55.2 Å². The third-order valence-electron chi connectivity index (χ3n) is 3.81. The molecule has 1 aromatic rings. The van der Waals surface area contributed by atoms with Crippen molar-refractivity contribution < 1.29 is 4.92 Å². The lowest BCUT2D eigenvalue weighted by Gasteiger charge is -2.26. The summed E-state index contributed by atoms with van der Waals surface area (Å²) in [7, 11) is 0. The smallest absolute Gasteiger partial charge is 0.269 e. The molecular formula is C14H20N2O2. The summed E-state index contributed by atoms with van der Waals surface area (Å²) in [5, 5.41) is 13.9. The van der Waals surface area contributed by atoms with Crippen LogP contribution in [0.15, 0.2) is 24.3 Å². The van der Waals surface area contributed by atoms with Gasteiger partial charge in [0.2, 0.25) is 0 Å². The van der Waals surface area contributed by atoms with E-state index in [4.69, 9.17) is 0 Å². The molecule has 0 heterocycles. The molecule has 1 aliphatic carbocycles. The van der Waals surface area contributed by atoms with Gasteiger partial charge in [0, 0.05) is 24.4 Å². The first-order valence-corrected chi connectivity index (χ1v) is 6.63. The Balaban J connectivity index is 1.81. The monoisotopic (exact) mass is 248 g/mol. The van der Waals surface area contributed by atoms with Crippen LogP contribution in [0.2, 0.25) is 0 Å². The maximum Gasteiger partial charge on any atom is 0.269 e. The Bertz CT molecular complexity index is 395. The first kappa shape index (κ1) is 12.9. The third kappa shape index (κ3) is 3.45. The van der Waals surface area contributed by atoms with Crippen molar-refractivity contribution in [3.63, 3.8) is 0 Å². The second-order valence-electron chi connectivity index (χ2n) is 5.31.